The summed E-state index contributed by atoms with van der Waals surface area (Å²) in [7, 11) is 3.92. The smallest absolute Gasteiger partial charge is 0.337 e. The number of carboxylic acids is 1. The second-order valence-corrected chi connectivity index (χ2v) is 11.9. The third-order valence-corrected chi connectivity index (χ3v) is 7.52. The van der Waals surface area contributed by atoms with Gasteiger partial charge in [0.15, 0.2) is 0 Å². The van der Waals surface area contributed by atoms with Crippen LogP contribution in [0.4, 0.5) is 17.1 Å². The largest absolute Gasteiger partial charge is 0.478 e. The van der Waals surface area contributed by atoms with Crippen molar-refractivity contribution in [1.29, 1.82) is 0 Å². The van der Waals surface area contributed by atoms with E-state index in [1.165, 1.54) is 6.07 Å². The van der Waals surface area contributed by atoms with Crippen LogP contribution >= 0.6 is 0 Å². The summed E-state index contributed by atoms with van der Waals surface area (Å²) >= 11 is -1.36. The van der Waals surface area contributed by atoms with Crippen LogP contribution in [0.1, 0.15) is 10.4 Å². The van der Waals surface area contributed by atoms with E-state index in [1.54, 1.807) is 18.2 Å². The van der Waals surface area contributed by atoms with E-state index in [2.05, 4.69) is 30.0 Å². The van der Waals surface area contributed by atoms with Gasteiger partial charge < -0.3 is 10.0 Å². The number of rotatable bonds is 7. The van der Waals surface area contributed by atoms with Gasteiger partial charge in [-0.15, -0.1) is 5.11 Å². The van der Waals surface area contributed by atoms with E-state index in [4.69, 9.17) is 5.11 Å². The fourth-order valence-corrected chi connectivity index (χ4v) is 3.35. The second kappa shape index (κ2) is 11.9. The van der Waals surface area contributed by atoms with Crippen LogP contribution in [0.2, 0.25) is 0 Å². The van der Waals surface area contributed by atoms with Gasteiger partial charge in [-0.2, -0.15) is 5.11 Å². The Morgan fingerprint density at radius 3 is 1.96 bits per heavy atom. The number of nitrogens with zero attached hydrogens (tertiary/aromatic N) is 3. The molecule has 0 unspecified atom stereocenters. The first-order valence-electron chi connectivity index (χ1n) is 8.18. The molecule has 0 atom stereocenters. The minimum absolute atomic E-state index is 0.140. The fourth-order valence-electron chi connectivity index (χ4n) is 1.92. The first-order chi connectivity index (χ1) is 12.9. The van der Waals surface area contributed by atoms with Crippen LogP contribution in [-0.2, 0) is 0 Å². The van der Waals surface area contributed by atoms with E-state index in [9.17, 15) is 4.79 Å². The Labute approximate surface area is 167 Å². The van der Waals surface area contributed by atoms with Gasteiger partial charge in [0.2, 0.25) is 0 Å². The Morgan fingerprint density at radius 1 is 0.963 bits per heavy atom. The topological polar surface area (TPSA) is 65.3 Å². The van der Waals surface area contributed by atoms with Crippen LogP contribution in [0.3, 0.4) is 0 Å². The molecule has 0 amide bonds. The number of hydrogen-bond acceptors (Lipinski definition) is 4. The molecular weight excluding hydrogens is 445 g/mol. The van der Waals surface area contributed by atoms with Gasteiger partial charge in [0.05, 0.1) is 11.3 Å². The SMILES string of the molecule is C=[CH][Sn]([CH]=C)[CH]=C.CN(C)c1ccc(N=Nc2ccccc2C(=O)O)cc1. The van der Waals surface area contributed by atoms with Crippen LogP contribution in [0.25, 0.3) is 0 Å². The molecule has 139 valence electrons. The zero-order chi connectivity index (χ0) is 20.2. The van der Waals surface area contributed by atoms with Gasteiger partial charge >= 0.3 is 57.7 Å². The second-order valence-electron chi connectivity index (χ2n) is 5.55. The van der Waals surface area contributed by atoms with E-state index >= 15 is 0 Å². The molecule has 27 heavy (non-hydrogen) atoms. The molecule has 2 aromatic carbocycles. The van der Waals surface area contributed by atoms with Crippen molar-refractivity contribution >= 4 is 42.8 Å². The summed E-state index contributed by atoms with van der Waals surface area (Å²) in [6.45, 7) is 10.9. The summed E-state index contributed by atoms with van der Waals surface area (Å²) in [5, 5.41) is 17.1. The Morgan fingerprint density at radius 2 is 1.52 bits per heavy atom. The quantitative estimate of drug-likeness (QED) is 0.429. The summed E-state index contributed by atoms with van der Waals surface area (Å²) < 4.78 is 5.96. The molecule has 0 heterocycles. The number of azo groups is 1. The molecule has 0 fully saturated rings. The van der Waals surface area contributed by atoms with Crippen LogP contribution in [-0.4, -0.2) is 44.9 Å². The van der Waals surface area contributed by atoms with Crippen molar-refractivity contribution < 1.29 is 9.90 Å². The van der Waals surface area contributed by atoms with Gasteiger partial charge in [-0.3, -0.25) is 0 Å². The number of anilines is 1. The number of aromatic carboxylic acids is 1. The average Bonchev–Trinajstić information content (AvgIpc) is 2.68. The van der Waals surface area contributed by atoms with Gasteiger partial charge in [0.1, 0.15) is 5.69 Å². The maximum Gasteiger partial charge on any atom is 0.337 e. The van der Waals surface area contributed by atoms with Crippen molar-refractivity contribution in [2.45, 2.75) is 0 Å². The molecule has 5 nitrogen and oxygen atoms in total. The molecule has 0 bridgehead atoms. The molecular formula is C21H24N3O2Sn. The summed E-state index contributed by atoms with van der Waals surface area (Å²) in [6.07, 6.45) is 0. The zero-order valence-electron chi connectivity index (χ0n) is 15.7. The van der Waals surface area contributed by atoms with Crippen LogP contribution in [0.5, 0.6) is 0 Å². The molecule has 0 aliphatic rings. The maximum absolute atomic E-state index is 11.0. The first kappa shape index (κ1) is 22.4. The molecule has 0 aliphatic heterocycles. The van der Waals surface area contributed by atoms with E-state index < -0.39 is 25.7 Å². The average molecular weight is 469 g/mol. The van der Waals surface area contributed by atoms with Gasteiger partial charge in [-0.25, -0.2) is 4.79 Å². The summed E-state index contributed by atoms with van der Waals surface area (Å²) in [5.41, 5.74) is 2.23. The van der Waals surface area contributed by atoms with Crippen molar-refractivity contribution in [3.05, 3.63) is 86.1 Å². The maximum atomic E-state index is 11.0. The van der Waals surface area contributed by atoms with E-state index in [-0.39, 0.29) is 5.56 Å². The van der Waals surface area contributed by atoms with Crippen molar-refractivity contribution in [3.8, 4) is 0 Å². The molecule has 1 radical (unpaired) electrons. The minimum atomic E-state index is -1.36. The predicted molar refractivity (Wildman–Crippen MR) is 115 cm³/mol. The Balaban J connectivity index is 0.000000445. The van der Waals surface area contributed by atoms with Crippen molar-refractivity contribution in [3.63, 3.8) is 0 Å². The predicted octanol–water partition coefficient (Wildman–Crippen LogP) is 5.52. The number of carbonyl (C=O) groups is 1. The van der Waals surface area contributed by atoms with Crippen LogP contribution in [0, 0.1) is 0 Å². The van der Waals surface area contributed by atoms with Gasteiger partial charge in [0.25, 0.3) is 0 Å². The van der Waals surface area contributed by atoms with E-state index in [1.807, 2.05) is 55.5 Å². The Kier molecular flexibility index (Phi) is 9.82. The third kappa shape index (κ3) is 7.62. The molecule has 0 aliphatic carbocycles. The van der Waals surface area contributed by atoms with Gasteiger partial charge in [-0.05, 0) is 36.4 Å². The summed E-state index contributed by atoms with van der Waals surface area (Å²) in [6, 6.07) is 14.1. The van der Waals surface area contributed by atoms with Crippen molar-refractivity contribution in [2.24, 2.45) is 10.2 Å². The standard InChI is InChI=1S/C15H15N3O2.3C2H3.Sn/c1-18(2)12-9-7-11(8-10-12)16-17-14-6-4-3-5-13(14)15(19)20;3*1-2;/h3-10H,1-2H3,(H,19,20);3*1H,2H2;. The number of hydrogen-bond donors (Lipinski definition) is 1. The molecule has 0 saturated heterocycles. The number of carboxylic acid groups (broad SMARTS) is 1. The molecule has 0 spiro atoms. The van der Waals surface area contributed by atoms with Crippen molar-refractivity contribution in [1.82, 2.24) is 0 Å². The van der Waals surface area contributed by atoms with Crippen molar-refractivity contribution in [2.75, 3.05) is 19.0 Å². The number of benzene rings is 2. The normalized spacial score (nSPS) is 10.0. The molecule has 2 rings (SSSR count). The van der Waals surface area contributed by atoms with Crippen LogP contribution < -0.4 is 4.90 Å². The van der Waals surface area contributed by atoms with E-state index in [0.29, 0.717) is 11.4 Å². The van der Waals surface area contributed by atoms with Gasteiger partial charge in [-0.1, -0.05) is 12.1 Å². The minimum Gasteiger partial charge on any atom is -0.478 e. The Hall–Kier alpha value is -2.67. The first-order valence-corrected chi connectivity index (χ1v) is 13.1. The Bertz CT molecular complexity index is 795. The fraction of sp³-hybridized carbons (Fsp3) is 0.0952. The molecule has 0 saturated carbocycles. The third-order valence-electron chi connectivity index (χ3n) is 3.48. The van der Waals surface area contributed by atoms with Gasteiger partial charge in [0, 0.05) is 19.8 Å². The van der Waals surface area contributed by atoms with Crippen LogP contribution in [0.15, 0.2) is 90.8 Å². The summed E-state index contributed by atoms with van der Waals surface area (Å²) in [4.78, 5) is 13.0. The summed E-state index contributed by atoms with van der Waals surface area (Å²) in [5.74, 6) is -1.01. The zero-order valence-corrected chi connectivity index (χ0v) is 18.5. The molecule has 2 aromatic rings. The monoisotopic (exact) mass is 470 g/mol. The van der Waals surface area contributed by atoms with E-state index in [0.717, 1.165) is 5.69 Å². The molecule has 0 aromatic heterocycles. The molecule has 6 heteroatoms. The molecule has 1 N–H and O–H groups in total.